The molecule has 8 heteroatoms. The second-order valence-corrected chi connectivity index (χ2v) is 6.70. The molecule has 2 amide bonds. The second kappa shape index (κ2) is 6.74. The first-order valence-corrected chi connectivity index (χ1v) is 8.37. The van der Waals surface area contributed by atoms with E-state index >= 15 is 0 Å². The molecule has 2 fully saturated rings. The van der Waals surface area contributed by atoms with Gasteiger partial charge in [0.1, 0.15) is 5.82 Å². The van der Waals surface area contributed by atoms with Gasteiger partial charge in [-0.3, -0.25) is 5.10 Å². The lowest BCUT2D eigenvalue weighted by Gasteiger charge is -2.31. The van der Waals surface area contributed by atoms with E-state index in [1.165, 1.54) is 0 Å². The Hall–Kier alpha value is -1.83. The van der Waals surface area contributed by atoms with Gasteiger partial charge in [0.25, 0.3) is 0 Å². The van der Waals surface area contributed by atoms with Crippen LogP contribution in [-0.4, -0.2) is 64.0 Å². The maximum Gasteiger partial charge on any atom is 0.318 e. The van der Waals surface area contributed by atoms with Crippen LogP contribution < -0.4 is 10.2 Å². The van der Waals surface area contributed by atoms with Crippen LogP contribution in [0.1, 0.15) is 37.9 Å². The Morgan fingerprint density at radius 2 is 2.22 bits per heavy atom. The highest BCUT2D eigenvalue weighted by molar-refractivity contribution is 5.74. The summed E-state index contributed by atoms with van der Waals surface area (Å²) in [6.07, 6.45) is 4.68. The van der Waals surface area contributed by atoms with E-state index in [-0.39, 0.29) is 24.1 Å². The van der Waals surface area contributed by atoms with Crippen LogP contribution in [-0.2, 0) is 6.54 Å². The summed E-state index contributed by atoms with van der Waals surface area (Å²) >= 11 is 0. The Morgan fingerprint density at radius 3 is 2.87 bits per heavy atom. The van der Waals surface area contributed by atoms with Gasteiger partial charge >= 0.3 is 6.03 Å². The monoisotopic (exact) mass is 322 g/mol. The predicted molar refractivity (Wildman–Crippen MR) is 86.0 cm³/mol. The summed E-state index contributed by atoms with van der Waals surface area (Å²) in [7, 11) is 3.74. The zero-order valence-electron chi connectivity index (χ0n) is 13.8. The molecular weight excluding hydrogens is 296 g/mol. The molecule has 3 atom stereocenters. The zero-order valence-corrected chi connectivity index (χ0v) is 13.8. The van der Waals surface area contributed by atoms with Gasteiger partial charge < -0.3 is 20.2 Å². The average molecular weight is 322 g/mol. The van der Waals surface area contributed by atoms with Gasteiger partial charge in [-0.25, -0.2) is 4.79 Å². The van der Waals surface area contributed by atoms with Gasteiger partial charge in [0.2, 0.25) is 5.95 Å². The fourth-order valence-corrected chi connectivity index (χ4v) is 3.73. The highest BCUT2D eigenvalue weighted by Gasteiger charge is 2.40. The van der Waals surface area contributed by atoms with Crippen molar-refractivity contribution in [2.75, 3.05) is 25.5 Å². The van der Waals surface area contributed by atoms with E-state index in [2.05, 4.69) is 20.5 Å². The van der Waals surface area contributed by atoms with Crippen LogP contribution in [0.4, 0.5) is 10.7 Å². The van der Waals surface area contributed by atoms with Gasteiger partial charge in [-0.2, -0.15) is 4.98 Å². The fraction of sp³-hybridized carbons (Fsp3) is 0.800. The molecule has 3 N–H and O–H groups in total. The molecule has 23 heavy (non-hydrogen) atoms. The van der Waals surface area contributed by atoms with Crippen LogP contribution in [0, 0.1) is 5.92 Å². The zero-order chi connectivity index (χ0) is 16.4. The third kappa shape index (κ3) is 3.41. The lowest BCUT2D eigenvalue weighted by molar-refractivity contribution is 0.0840. The van der Waals surface area contributed by atoms with Crippen molar-refractivity contribution in [3.05, 3.63) is 5.82 Å². The van der Waals surface area contributed by atoms with E-state index in [0.717, 1.165) is 38.6 Å². The number of hydrogen-bond donors (Lipinski definition) is 3. The molecule has 128 valence electrons. The van der Waals surface area contributed by atoms with Gasteiger partial charge in [-0.05, 0) is 25.7 Å². The van der Waals surface area contributed by atoms with Crippen molar-refractivity contribution in [2.24, 2.45) is 5.92 Å². The van der Waals surface area contributed by atoms with Crippen LogP contribution in [0.25, 0.3) is 0 Å². The van der Waals surface area contributed by atoms with Crippen LogP contribution in [0.2, 0.25) is 0 Å². The summed E-state index contributed by atoms with van der Waals surface area (Å²) in [5.74, 6) is 1.47. The van der Waals surface area contributed by atoms with Crippen LogP contribution in [0.5, 0.6) is 0 Å². The van der Waals surface area contributed by atoms with E-state index in [1.54, 1.807) is 4.90 Å². The minimum Gasteiger partial charge on any atom is -0.393 e. The topological polar surface area (TPSA) is 97.4 Å². The number of nitrogens with one attached hydrogen (secondary N) is 2. The van der Waals surface area contributed by atoms with E-state index in [9.17, 15) is 9.90 Å². The smallest absolute Gasteiger partial charge is 0.318 e. The molecule has 1 aromatic heterocycles. The molecule has 0 bridgehead atoms. The first-order valence-electron chi connectivity index (χ1n) is 8.37. The van der Waals surface area contributed by atoms with Gasteiger partial charge in [-0.15, -0.1) is 5.10 Å². The largest absolute Gasteiger partial charge is 0.393 e. The number of carbonyl (C=O) groups excluding carboxylic acids is 1. The van der Waals surface area contributed by atoms with E-state index < -0.39 is 0 Å². The number of aromatic amines is 1. The maximum absolute atomic E-state index is 12.5. The summed E-state index contributed by atoms with van der Waals surface area (Å²) in [6.45, 7) is 1.09. The minimum atomic E-state index is -0.259. The van der Waals surface area contributed by atoms with Crippen LogP contribution in [0.15, 0.2) is 0 Å². The molecule has 0 radical (unpaired) electrons. The number of amides is 2. The number of aromatic nitrogens is 3. The number of carbonyl (C=O) groups is 1. The molecule has 1 saturated heterocycles. The number of hydrogen-bond acceptors (Lipinski definition) is 5. The first kappa shape index (κ1) is 16.0. The Kier molecular flexibility index (Phi) is 4.70. The molecule has 1 saturated carbocycles. The van der Waals surface area contributed by atoms with E-state index in [4.69, 9.17) is 0 Å². The SMILES string of the molecule is CN(C)c1n[nH]c(CNC(=O)N2CCCC2C2CCCC2O)n1. The molecule has 0 spiro atoms. The summed E-state index contributed by atoms with van der Waals surface area (Å²) in [5, 5.41) is 19.9. The Balaban J connectivity index is 1.56. The van der Waals surface area contributed by atoms with Crippen molar-refractivity contribution >= 4 is 12.0 Å². The van der Waals surface area contributed by atoms with Crippen LogP contribution in [0.3, 0.4) is 0 Å². The summed E-state index contributed by atoms with van der Waals surface area (Å²) in [5.41, 5.74) is 0. The number of likely N-dealkylation sites (tertiary alicyclic amines) is 1. The number of H-pyrrole nitrogens is 1. The number of aliphatic hydroxyl groups is 1. The van der Waals surface area contributed by atoms with Crippen molar-refractivity contribution in [3.63, 3.8) is 0 Å². The third-order valence-corrected chi connectivity index (χ3v) is 4.91. The summed E-state index contributed by atoms with van der Waals surface area (Å²) < 4.78 is 0. The van der Waals surface area contributed by atoms with Gasteiger partial charge in [0.05, 0.1) is 12.6 Å². The molecule has 3 rings (SSSR count). The highest BCUT2D eigenvalue weighted by atomic mass is 16.3. The van der Waals surface area contributed by atoms with Crippen molar-refractivity contribution in [1.29, 1.82) is 0 Å². The molecule has 1 aliphatic heterocycles. The predicted octanol–water partition coefficient (Wildman–Crippen LogP) is 0.706. The Morgan fingerprint density at radius 1 is 1.39 bits per heavy atom. The molecule has 2 heterocycles. The summed E-state index contributed by atoms with van der Waals surface area (Å²) in [4.78, 5) is 20.5. The van der Waals surface area contributed by atoms with Gasteiger partial charge in [-0.1, -0.05) is 6.42 Å². The van der Waals surface area contributed by atoms with Crippen molar-refractivity contribution in [1.82, 2.24) is 25.4 Å². The van der Waals surface area contributed by atoms with Crippen molar-refractivity contribution in [2.45, 2.75) is 50.8 Å². The maximum atomic E-state index is 12.5. The molecule has 2 aliphatic rings. The van der Waals surface area contributed by atoms with Crippen LogP contribution >= 0.6 is 0 Å². The fourth-order valence-electron chi connectivity index (χ4n) is 3.73. The van der Waals surface area contributed by atoms with Crippen molar-refractivity contribution < 1.29 is 9.90 Å². The van der Waals surface area contributed by atoms with Crippen molar-refractivity contribution in [3.8, 4) is 0 Å². The lowest BCUT2D eigenvalue weighted by atomic mass is 9.94. The minimum absolute atomic E-state index is 0.0746. The lowest BCUT2D eigenvalue weighted by Crippen LogP contribution is -2.47. The number of rotatable bonds is 4. The van der Waals surface area contributed by atoms with Gasteiger partial charge in [0, 0.05) is 32.6 Å². The normalized spacial score (nSPS) is 27.4. The van der Waals surface area contributed by atoms with E-state index in [1.807, 2.05) is 19.0 Å². The number of urea groups is 1. The average Bonchev–Trinajstić information content (AvgIpc) is 3.24. The number of nitrogens with zero attached hydrogens (tertiary/aromatic N) is 4. The summed E-state index contributed by atoms with van der Waals surface area (Å²) in [6, 6.07) is 0.0916. The first-order chi connectivity index (χ1) is 11.1. The third-order valence-electron chi connectivity index (χ3n) is 4.91. The second-order valence-electron chi connectivity index (χ2n) is 6.70. The quantitative estimate of drug-likeness (QED) is 0.758. The molecule has 0 aromatic carbocycles. The van der Waals surface area contributed by atoms with E-state index in [0.29, 0.717) is 18.3 Å². The molecule has 8 nitrogen and oxygen atoms in total. The Labute approximate surface area is 136 Å². The highest BCUT2D eigenvalue weighted by Crippen LogP contribution is 2.35. The number of anilines is 1. The van der Waals surface area contributed by atoms with Gasteiger partial charge in [0.15, 0.2) is 0 Å². The molecule has 3 unspecified atom stereocenters. The standard InChI is InChI=1S/C15H26N6O2/c1-20(2)14-17-13(18-19-14)9-16-15(23)21-8-4-6-11(21)10-5-3-7-12(10)22/h10-12,22H,3-9H2,1-2H3,(H,16,23)(H,17,18,19). The molecule has 1 aliphatic carbocycles. The molecular formula is C15H26N6O2. The molecule has 1 aromatic rings. The number of aliphatic hydroxyl groups excluding tert-OH is 1. The Bertz CT molecular complexity index is 546.